The number of rotatable bonds is 7. The maximum atomic E-state index is 15.2. The van der Waals surface area contributed by atoms with Crippen LogP contribution in [0.5, 0.6) is 11.5 Å². The lowest BCUT2D eigenvalue weighted by molar-refractivity contribution is -0.131. The van der Waals surface area contributed by atoms with E-state index in [1.165, 1.54) is 16.9 Å². The fraction of sp³-hybridized carbons (Fsp3) is 0.250. The molecule has 1 saturated carbocycles. The van der Waals surface area contributed by atoms with E-state index in [1.807, 2.05) is 37.3 Å². The molecule has 0 unspecified atom stereocenters. The zero-order chi connectivity index (χ0) is 42.6. The number of phenolic OH excluding ortho intramolecular Hbond substituents is 1. The summed E-state index contributed by atoms with van der Waals surface area (Å²) in [6.07, 6.45) is 2.37. The molecule has 4 aromatic carbocycles. The molecular weight excluding hydrogens is 812 g/mol. The van der Waals surface area contributed by atoms with E-state index in [4.69, 9.17) is 21.4 Å². The first kappa shape index (κ1) is 38.8. The monoisotopic (exact) mass is 850 g/mol. The number of phenols is 1. The van der Waals surface area contributed by atoms with Gasteiger partial charge in [0.15, 0.2) is 17.3 Å². The van der Waals surface area contributed by atoms with Gasteiger partial charge in [-0.2, -0.15) is 5.10 Å². The molecule has 2 aliphatic heterocycles. The van der Waals surface area contributed by atoms with Crippen molar-refractivity contribution in [2.75, 3.05) is 16.9 Å². The number of nitrogens with zero attached hydrogens (tertiary/aromatic N) is 4. The molecule has 2 aliphatic carbocycles. The number of thiophene rings is 1. The molecule has 13 heteroatoms. The Labute approximate surface area is 359 Å². The van der Waals surface area contributed by atoms with Crippen molar-refractivity contribution in [2.45, 2.75) is 32.6 Å². The Bertz CT molecular complexity index is 2920. The summed E-state index contributed by atoms with van der Waals surface area (Å²) in [5.74, 6) is -5.02. The Morgan fingerprint density at radius 2 is 1.62 bits per heavy atom. The van der Waals surface area contributed by atoms with Gasteiger partial charge in [-0.15, -0.1) is 11.3 Å². The molecule has 4 heterocycles. The molecule has 6 aromatic rings. The van der Waals surface area contributed by atoms with Gasteiger partial charge >= 0.3 is 0 Å². The maximum absolute atomic E-state index is 15.2. The van der Waals surface area contributed by atoms with Crippen LogP contribution in [0.3, 0.4) is 0 Å². The van der Waals surface area contributed by atoms with Gasteiger partial charge in [-0.25, -0.2) is 4.90 Å². The number of fused-ring (bicyclic) bond motifs is 5. The van der Waals surface area contributed by atoms with Gasteiger partial charge in [-0.1, -0.05) is 59.6 Å². The number of benzene rings is 4. The Morgan fingerprint density at radius 1 is 0.885 bits per heavy atom. The second kappa shape index (κ2) is 14.1. The molecule has 0 radical (unpaired) electrons. The van der Waals surface area contributed by atoms with Crippen LogP contribution in [0.15, 0.2) is 109 Å². The number of hydrogen-bond donors (Lipinski definition) is 1. The SMILES string of the molecule is COc1ccc([C@H]2C3=CC[C@@H]4C(=O)N(c5ccc(C(=O)c6ccccc6)cc5)C(=O)[C@@H]4[C@@H]3C[C@H]3C(=O)N(c4cc(-c5sc6ccc(Cl)cc6c5C)nn4C)C(=O)[C@@]23C)cc1O. The highest BCUT2D eigenvalue weighted by Gasteiger charge is 2.68. The van der Waals surface area contributed by atoms with E-state index in [0.29, 0.717) is 38.9 Å². The minimum atomic E-state index is -1.34. The highest BCUT2D eigenvalue weighted by Crippen LogP contribution is 2.64. The van der Waals surface area contributed by atoms with Crippen molar-refractivity contribution >= 4 is 73.9 Å². The lowest BCUT2D eigenvalue weighted by atomic mass is 9.51. The fourth-order valence-corrected chi connectivity index (χ4v) is 11.8. The summed E-state index contributed by atoms with van der Waals surface area (Å²) in [5.41, 5.74) is 2.92. The summed E-state index contributed by atoms with van der Waals surface area (Å²) in [7, 11) is 3.15. The summed E-state index contributed by atoms with van der Waals surface area (Å²) in [4.78, 5) is 75.7. The minimum Gasteiger partial charge on any atom is -0.504 e. The van der Waals surface area contributed by atoms with Gasteiger partial charge in [0.2, 0.25) is 23.6 Å². The number of hydrogen-bond acceptors (Lipinski definition) is 9. The van der Waals surface area contributed by atoms with E-state index in [0.717, 1.165) is 26.1 Å². The van der Waals surface area contributed by atoms with Gasteiger partial charge in [0, 0.05) is 39.9 Å². The van der Waals surface area contributed by atoms with Gasteiger partial charge in [-0.3, -0.25) is 33.6 Å². The number of ether oxygens (including phenoxy) is 1. The van der Waals surface area contributed by atoms with Crippen LogP contribution in [0.2, 0.25) is 5.02 Å². The molecule has 0 spiro atoms. The zero-order valence-corrected chi connectivity index (χ0v) is 35.2. The van der Waals surface area contributed by atoms with Gasteiger partial charge in [0.05, 0.1) is 40.8 Å². The number of aromatic hydroxyl groups is 1. The van der Waals surface area contributed by atoms with Crippen molar-refractivity contribution in [1.29, 1.82) is 0 Å². The predicted molar refractivity (Wildman–Crippen MR) is 232 cm³/mol. The molecule has 10 rings (SSSR count). The van der Waals surface area contributed by atoms with Crippen molar-refractivity contribution in [3.63, 3.8) is 0 Å². The van der Waals surface area contributed by atoms with Crippen molar-refractivity contribution in [3.8, 4) is 22.1 Å². The second-order valence-corrected chi connectivity index (χ2v) is 18.0. The summed E-state index contributed by atoms with van der Waals surface area (Å²) < 4.78 is 7.95. The normalized spacial score (nSPS) is 24.5. The maximum Gasteiger partial charge on any atom is 0.242 e. The topological polar surface area (TPSA) is 139 Å². The molecule has 4 amide bonds. The average Bonchev–Trinajstić information content (AvgIpc) is 3.93. The Hall–Kier alpha value is -6.37. The summed E-state index contributed by atoms with van der Waals surface area (Å²) in [5, 5.41) is 17.5. The van der Waals surface area contributed by atoms with E-state index in [9.17, 15) is 19.5 Å². The third-order valence-electron chi connectivity index (χ3n) is 13.4. The van der Waals surface area contributed by atoms with Crippen LogP contribution in [0.1, 0.15) is 52.7 Å². The van der Waals surface area contributed by atoms with Gasteiger partial charge in [0.1, 0.15) is 11.5 Å². The van der Waals surface area contributed by atoms with Crippen LogP contribution in [0.4, 0.5) is 11.5 Å². The molecular formula is C48H39ClN4O7S. The van der Waals surface area contributed by atoms with Crippen molar-refractivity contribution < 1.29 is 33.8 Å². The number of aromatic nitrogens is 2. The molecule has 0 bridgehead atoms. The third-order valence-corrected chi connectivity index (χ3v) is 15.0. The van der Waals surface area contributed by atoms with Crippen LogP contribution in [0.25, 0.3) is 20.7 Å². The lowest BCUT2D eigenvalue weighted by Crippen LogP contribution is -2.48. The highest BCUT2D eigenvalue weighted by atomic mass is 35.5. The molecule has 2 saturated heterocycles. The molecule has 4 aliphatic rings. The molecule has 6 atom stereocenters. The highest BCUT2D eigenvalue weighted by molar-refractivity contribution is 7.22. The first-order chi connectivity index (χ1) is 29.3. The third kappa shape index (κ3) is 5.68. The standard InChI is InChI=1S/C48H39ClN4O7S/c1-24-32-21-28(49)13-19-38(32)61-43(24)35-23-39(51(3)50-35)53-45(57)34-22-33-30(41(48(34,2)47(53)59)27-12-18-37(60-4)36(54)20-27)16-17-31-40(33)46(58)52(44(31)56)29-14-10-26(11-15-29)42(55)25-8-6-5-7-9-25/h5-16,18-21,23,31,33-34,40-41,54H,17,22H2,1-4H3/t31-,33+,34-,40-,41-,48+/m0/s1. The fourth-order valence-electron chi connectivity index (χ4n) is 10.5. The quantitative estimate of drug-likeness (QED) is 0.0957. The number of ketones is 1. The number of imide groups is 2. The summed E-state index contributed by atoms with van der Waals surface area (Å²) >= 11 is 7.89. The van der Waals surface area contributed by atoms with E-state index < -0.39 is 52.7 Å². The lowest BCUT2D eigenvalue weighted by Gasteiger charge is -2.49. The Balaban J connectivity index is 1.03. The van der Waals surface area contributed by atoms with E-state index in [-0.39, 0.29) is 36.0 Å². The second-order valence-electron chi connectivity index (χ2n) is 16.6. The number of amides is 4. The van der Waals surface area contributed by atoms with E-state index in [1.54, 1.807) is 103 Å². The summed E-state index contributed by atoms with van der Waals surface area (Å²) in [6, 6.07) is 27.8. The molecule has 2 aromatic heterocycles. The number of carbonyl (C=O) groups is 5. The number of allylic oxidation sites excluding steroid dienone is 2. The van der Waals surface area contributed by atoms with E-state index in [2.05, 4.69) is 0 Å². The van der Waals surface area contributed by atoms with E-state index >= 15 is 9.59 Å². The molecule has 3 fully saturated rings. The summed E-state index contributed by atoms with van der Waals surface area (Å²) in [6.45, 7) is 3.80. The molecule has 1 N–H and O–H groups in total. The molecule has 11 nitrogen and oxygen atoms in total. The number of halogens is 1. The van der Waals surface area contributed by atoms with Gasteiger partial charge < -0.3 is 9.84 Å². The van der Waals surface area contributed by atoms with Gasteiger partial charge in [0.25, 0.3) is 0 Å². The van der Waals surface area contributed by atoms with Crippen LogP contribution < -0.4 is 14.5 Å². The average molecular weight is 851 g/mol. The Kier molecular flexibility index (Phi) is 8.97. The minimum absolute atomic E-state index is 0.131. The number of carbonyl (C=O) groups excluding carboxylic acids is 5. The van der Waals surface area contributed by atoms with Crippen molar-refractivity contribution in [1.82, 2.24) is 9.78 Å². The van der Waals surface area contributed by atoms with Crippen LogP contribution in [-0.2, 0) is 26.2 Å². The first-order valence-electron chi connectivity index (χ1n) is 20.1. The van der Waals surface area contributed by atoms with Crippen LogP contribution in [-0.4, -0.2) is 51.4 Å². The van der Waals surface area contributed by atoms with Crippen LogP contribution in [0, 0.1) is 36.0 Å². The first-order valence-corrected chi connectivity index (χ1v) is 21.3. The van der Waals surface area contributed by atoms with Crippen molar-refractivity contribution in [3.05, 3.63) is 136 Å². The predicted octanol–water partition coefficient (Wildman–Crippen LogP) is 8.64. The zero-order valence-electron chi connectivity index (χ0n) is 33.6. The largest absolute Gasteiger partial charge is 0.504 e. The van der Waals surface area contributed by atoms with Crippen molar-refractivity contribution in [2.24, 2.45) is 36.1 Å². The van der Waals surface area contributed by atoms with Gasteiger partial charge in [-0.05, 0) is 104 Å². The number of methoxy groups -OCH3 is 1. The number of anilines is 2. The smallest absolute Gasteiger partial charge is 0.242 e. The Morgan fingerprint density at radius 3 is 2.34 bits per heavy atom. The molecule has 61 heavy (non-hydrogen) atoms. The molecule has 306 valence electrons. The van der Waals surface area contributed by atoms with Crippen LogP contribution >= 0.6 is 22.9 Å². The number of aryl methyl sites for hydroxylation is 2.